The van der Waals surface area contributed by atoms with Crippen LogP contribution in [0.2, 0.25) is 0 Å². The van der Waals surface area contributed by atoms with Gasteiger partial charge in [0.1, 0.15) is 5.78 Å². The number of Topliss-reactive ketones (excluding diaryl/α,β-unsaturated/α-hetero) is 1. The largest absolute Gasteiger partial charge is 0.374 e. The summed E-state index contributed by atoms with van der Waals surface area (Å²) in [6.07, 6.45) is 8.28. The summed E-state index contributed by atoms with van der Waals surface area (Å²) in [5.74, 6) is 0.378. The summed E-state index contributed by atoms with van der Waals surface area (Å²) in [4.78, 5) is 11.6. The van der Waals surface area contributed by atoms with Crippen LogP contribution in [0.15, 0.2) is 0 Å². The predicted molar refractivity (Wildman–Crippen MR) is 71.1 cm³/mol. The van der Waals surface area contributed by atoms with Crippen molar-refractivity contribution < 1.29 is 9.53 Å². The van der Waals surface area contributed by atoms with E-state index in [1.165, 1.54) is 25.7 Å². The minimum Gasteiger partial charge on any atom is -0.374 e. The van der Waals surface area contributed by atoms with Gasteiger partial charge < -0.3 is 4.74 Å². The molecule has 1 rings (SSSR count). The third-order valence-electron chi connectivity index (χ3n) is 4.31. The number of ketones is 1. The molecular formula is C15H28O2. The number of ether oxygens (including phenoxy) is 1. The Labute approximate surface area is 106 Å². The van der Waals surface area contributed by atoms with Gasteiger partial charge in [-0.05, 0) is 19.8 Å². The van der Waals surface area contributed by atoms with Gasteiger partial charge in [-0.1, -0.05) is 46.5 Å². The third-order valence-corrected chi connectivity index (χ3v) is 4.31. The zero-order valence-electron chi connectivity index (χ0n) is 11.9. The molecule has 100 valence electrons. The van der Waals surface area contributed by atoms with Crippen molar-refractivity contribution >= 4 is 5.78 Å². The van der Waals surface area contributed by atoms with Gasteiger partial charge >= 0.3 is 0 Å². The number of carbonyl (C=O) groups excluding carboxylic acids is 1. The van der Waals surface area contributed by atoms with Crippen molar-refractivity contribution in [2.24, 2.45) is 5.41 Å². The van der Waals surface area contributed by atoms with Crippen LogP contribution in [-0.2, 0) is 9.53 Å². The van der Waals surface area contributed by atoms with Crippen molar-refractivity contribution in [2.45, 2.75) is 84.8 Å². The summed E-state index contributed by atoms with van der Waals surface area (Å²) in [7, 11) is 0. The van der Waals surface area contributed by atoms with Crippen molar-refractivity contribution in [3.8, 4) is 0 Å². The average Bonchev–Trinajstić information content (AvgIpc) is 2.33. The highest BCUT2D eigenvalue weighted by molar-refractivity contribution is 5.91. The monoisotopic (exact) mass is 240 g/mol. The van der Waals surface area contributed by atoms with Crippen LogP contribution >= 0.6 is 0 Å². The molecule has 0 aromatic rings. The summed E-state index contributed by atoms with van der Waals surface area (Å²) in [5, 5.41) is 0. The summed E-state index contributed by atoms with van der Waals surface area (Å²) in [6.45, 7) is 8.50. The Balaban J connectivity index is 2.23. The topological polar surface area (TPSA) is 26.3 Å². The lowest BCUT2D eigenvalue weighted by atomic mass is 9.64. The fraction of sp³-hybridized carbons (Fsp3) is 0.933. The smallest absolute Gasteiger partial charge is 0.143 e. The van der Waals surface area contributed by atoms with Crippen LogP contribution in [-0.4, -0.2) is 18.0 Å². The van der Waals surface area contributed by atoms with Gasteiger partial charge in [-0.3, -0.25) is 4.79 Å². The molecule has 1 aliphatic carbocycles. The van der Waals surface area contributed by atoms with Crippen LogP contribution in [0.3, 0.4) is 0 Å². The molecule has 0 saturated heterocycles. The molecule has 1 fully saturated rings. The standard InChI is InChI=1S/C15H28O2/c1-5-7-8-9-10-12(3)17-14-11-13(16)15(14,4)6-2/h12,14H,5-11H2,1-4H3. The van der Waals surface area contributed by atoms with Crippen LogP contribution in [0.5, 0.6) is 0 Å². The highest BCUT2D eigenvalue weighted by Gasteiger charge is 2.50. The number of hydrogen-bond acceptors (Lipinski definition) is 2. The molecule has 0 radical (unpaired) electrons. The van der Waals surface area contributed by atoms with Gasteiger partial charge in [0, 0.05) is 6.42 Å². The van der Waals surface area contributed by atoms with E-state index in [1.807, 2.05) is 6.92 Å². The van der Waals surface area contributed by atoms with Gasteiger partial charge in [0.05, 0.1) is 17.6 Å². The molecule has 2 heteroatoms. The lowest BCUT2D eigenvalue weighted by Gasteiger charge is -2.45. The average molecular weight is 240 g/mol. The first kappa shape index (κ1) is 14.7. The van der Waals surface area contributed by atoms with Crippen LogP contribution in [0.25, 0.3) is 0 Å². The Hall–Kier alpha value is -0.370. The molecule has 0 aromatic heterocycles. The predicted octanol–water partition coefficient (Wildman–Crippen LogP) is 4.12. The van der Waals surface area contributed by atoms with Crippen molar-refractivity contribution in [3.05, 3.63) is 0 Å². The zero-order valence-corrected chi connectivity index (χ0v) is 11.9. The molecule has 0 aromatic carbocycles. The quantitative estimate of drug-likeness (QED) is 0.597. The first-order valence-corrected chi connectivity index (χ1v) is 7.23. The van der Waals surface area contributed by atoms with E-state index in [-0.39, 0.29) is 11.5 Å². The maximum Gasteiger partial charge on any atom is 0.143 e. The second-order valence-corrected chi connectivity index (χ2v) is 5.68. The van der Waals surface area contributed by atoms with Gasteiger partial charge in [-0.2, -0.15) is 0 Å². The zero-order chi connectivity index (χ0) is 12.9. The van der Waals surface area contributed by atoms with Crippen molar-refractivity contribution in [3.63, 3.8) is 0 Å². The molecule has 0 aliphatic heterocycles. The SMILES string of the molecule is CCCCCCC(C)OC1CC(=O)C1(C)CC. The van der Waals surface area contributed by atoms with Crippen LogP contribution < -0.4 is 0 Å². The molecule has 1 aliphatic rings. The van der Waals surface area contributed by atoms with E-state index < -0.39 is 0 Å². The molecule has 0 N–H and O–H groups in total. The maximum atomic E-state index is 11.6. The number of unbranched alkanes of at least 4 members (excludes halogenated alkanes) is 3. The van der Waals surface area contributed by atoms with Gasteiger partial charge in [0.25, 0.3) is 0 Å². The summed E-state index contributed by atoms with van der Waals surface area (Å²) in [5.41, 5.74) is -0.197. The summed E-state index contributed by atoms with van der Waals surface area (Å²) in [6, 6.07) is 0. The Morgan fingerprint density at radius 2 is 2.06 bits per heavy atom. The van der Waals surface area contributed by atoms with Crippen molar-refractivity contribution in [2.75, 3.05) is 0 Å². The Morgan fingerprint density at radius 3 is 2.59 bits per heavy atom. The number of hydrogen-bond donors (Lipinski definition) is 0. The van der Waals surface area contributed by atoms with E-state index in [0.29, 0.717) is 18.3 Å². The van der Waals surface area contributed by atoms with E-state index in [0.717, 1.165) is 12.8 Å². The van der Waals surface area contributed by atoms with Gasteiger partial charge in [0.2, 0.25) is 0 Å². The summed E-state index contributed by atoms with van der Waals surface area (Å²) >= 11 is 0. The second-order valence-electron chi connectivity index (χ2n) is 5.68. The fourth-order valence-electron chi connectivity index (χ4n) is 2.51. The van der Waals surface area contributed by atoms with E-state index in [2.05, 4.69) is 20.8 Å². The van der Waals surface area contributed by atoms with Crippen molar-refractivity contribution in [1.29, 1.82) is 0 Å². The third kappa shape index (κ3) is 3.54. The minimum absolute atomic E-state index is 0.168. The number of rotatable bonds is 8. The lowest BCUT2D eigenvalue weighted by Crippen LogP contribution is -2.53. The van der Waals surface area contributed by atoms with Gasteiger partial charge in [-0.15, -0.1) is 0 Å². The molecule has 0 heterocycles. The Kier molecular flexibility index (Phi) is 5.64. The molecular weight excluding hydrogens is 212 g/mol. The normalized spacial score (nSPS) is 30.1. The van der Waals surface area contributed by atoms with Crippen LogP contribution in [0.1, 0.15) is 72.6 Å². The Morgan fingerprint density at radius 1 is 1.35 bits per heavy atom. The summed E-state index contributed by atoms with van der Waals surface area (Å²) < 4.78 is 6.02. The minimum atomic E-state index is -0.197. The highest BCUT2D eigenvalue weighted by Crippen LogP contribution is 2.42. The highest BCUT2D eigenvalue weighted by atomic mass is 16.5. The van der Waals surface area contributed by atoms with E-state index in [1.54, 1.807) is 0 Å². The molecule has 0 spiro atoms. The maximum absolute atomic E-state index is 11.6. The van der Waals surface area contributed by atoms with E-state index in [9.17, 15) is 4.79 Å². The van der Waals surface area contributed by atoms with Gasteiger partial charge in [0.15, 0.2) is 0 Å². The van der Waals surface area contributed by atoms with Crippen molar-refractivity contribution in [1.82, 2.24) is 0 Å². The first-order chi connectivity index (χ1) is 8.04. The second kappa shape index (κ2) is 6.53. The molecule has 0 amide bonds. The molecule has 2 nitrogen and oxygen atoms in total. The molecule has 17 heavy (non-hydrogen) atoms. The van der Waals surface area contributed by atoms with Gasteiger partial charge in [-0.25, -0.2) is 0 Å². The molecule has 1 saturated carbocycles. The van der Waals surface area contributed by atoms with E-state index in [4.69, 9.17) is 4.74 Å². The van der Waals surface area contributed by atoms with Crippen LogP contribution in [0, 0.1) is 5.41 Å². The van der Waals surface area contributed by atoms with Crippen LogP contribution in [0.4, 0.5) is 0 Å². The molecule has 3 atom stereocenters. The first-order valence-electron chi connectivity index (χ1n) is 7.23. The van der Waals surface area contributed by atoms with E-state index >= 15 is 0 Å². The molecule has 0 bridgehead atoms. The number of carbonyl (C=O) groups is 1. The molecule has 3 unspecified atom stereocenters. The fourth-order valence-corrected chi connectivity index (χ4v) is 2.51. The lowest BCUT2D eigenvalue weighted by molar-refractivity contribution is -0.168. The Bertz CT molecular complexity index is 249.